The van der Waals surface area contributed by atoms with Crippen LogP contribution in [0.5, 0.6) is 0 Å². The molecule has 0 bridgehead atoms. The zero-order valence-corrected chi connectivity index (χ0v) is 39.8. The van der Waals surface area contributed by atoms with Crippen LogP contribution in [0.1, 0.15) is 271 Å². The lowest BCUT2D eigenvalue weighted by Gasteiger charge is -2.22. The molecule has 0 aromatic carbocycles. The summed E-state index contributed by atoms with van der Waals surface area (Å²) in [7, 11) is 0. The number of rotatable bonds is 51. The molecule has 0 unspecified atom stereocenters. The average molecular weight is 823 g/mol. The Kier molecular flexibility index (Phi) is 50.1. The van der Waals surface area contributed by atoms with Crippen molar-refractivity contribution in [2.75, 3.05) is 59.1 Å². The van der Waals surface area contributed by atoms with Gasteiger partial charge in [0.2, 0.25) is 0 Å². The van der Waals surface area contributed by atoms with Gasteiger partial charge >= 0.3 is 5.97 Å². The van der Waals surface area contributed by atoms with Crippen molar-refractivity contribution >= 4 is 5.97 Å². The van der Waals surface area contributed by atoms with E-state index in [4.69, 9.17) is 4.74 Å². The maximum absolute atomic E-state index is 12.2. The standard InChI is InChI=1S/C52H106N2O4/c1-3-5-7-9-11-13-15-21-27-33-43-53(47-37-39-49-55)45-35-29-23-17-18-25-31-41-51-58-52(57)42-32-26-20-19-24-30-36-46-54(48-38-40-50-56)44-34-28-22-16-14-12-10-8-6-4-2/h55-56H,3-51H2,1-2H3. The summed E-state index contributed by atoms with van der Waals surface area (Å²) in [6.45, 7) is 13.0. The Labute approximate surface area is 364 Å². The third kappa shape index (κ3) is 46.4. The molecule has 0 saturated heterocycles. The van der Waals surface area contributed by atoms with Crippen LogP contribution in [0.25, 0.3) is 0 Å². The number of esters is 1. The van der Waals surface area contributed by atoms with Gasteiger partial charge in [-0.15, -0.1) is 0 Å². The minimum absolute atomic E-state index is 0.00210. The Balaban J connectivity index is 3.69. The molecule has 6 nitrogen and oxygen atoms in total. The quantitative estimate of drug-likeness (QED) is 0.0470. The summed E-state index contributed by atoms with van der Waals surface area (Å²) in [6, 6.07) is 0. The van der Waals surface area contributed by atoms with Crippen LogP contribution in [-0.4, -0.2) is 85.1 Å². The van der Waals surface area contributed by atoms with Gasteiger partial charge in [-0.25, -0.2) is 0 Å². The highest BCUT2D eigenvalue weighted by Gasteiger charge is 2.07. The lowest BCUT2D eigenvalue weighted by atomic mass is 10.1. The molecule has 6 heteroatoms. The molecule has 0 saturated carbocycles. The fourth-order valence-corrected chi connectivity index (χ4v) is 8.46. The number of unbranched alkanes of at least 4 members (excludes halogenated alkanes) is 33. The number of carbonyl (C=O) groups is 1. The summed E-state index contributed by atoms with van der Waals surface area (Å²) in [4.78, 5) is 17.5. The molecule has 0 amide bonds. The maximum atomic E-state index is 12.2. The van der Waals surface area contributed by atoms with Crippen molar-refractivity contribution in [1.29, 1.82) is 0 Å². The second kappa shape index (κ2) is 50.7. The molecule has 0 atom stereocenters. The van der Waals surface area contributed by atoms with Crippen molar-refractivity contribution in [2.45, 2.75) is 271 Å². The first-order valence-corrected chi connectivity index (χ1v) is 26.5. The first kappa shape index (κ1) is 57.3. The molecule has 58 heavy (non-hydrogen) atoms. The van der Waals surface area contributed by atoms with Crippen LogP contribution >= 0.6 is 0 Å². The van der Waals surface area contributed by atoms with E-state index in [1.54, 1.807) is 0 Å². The van der Waals surface area contributed by atoms with Gasteiger partial charge in [0.15, 0.2) is 0 Å². The van der Waals surface area contributed by atoms with Gasteiger partial charge < -0.3 is 24.7 Å². The topological polar surface area (TPSA) is 73.2 Å². The largest absolute Gasteiger partial charge is 0.466 e. The summed E-state index contributed by atoms with van der Waals surface area (Å²) in [6.07, 6.45) is 51.1. The highest BCUT2D eigenvalue weighted by atomic mass is 16.5. The van der Waals surface area contributed by atoms with E-state index in [2.05, 4.69) is 23.6 Å². The van der Waals surface area contributed by atoms with Gasteiger partial charge in [0.05, 0.1) is 6.61 Å². The SMILES string of the molecule is CCCCCCCCCCCCN(CCCCO)CCCCCCCCCCOC(=O)CCCCCCCCCN(CCCCO)CCCCCCCCCCCC. The van der Waals surface area contributed by atoms with E-state index in [0.717, 1.165) is 58.0 Å². The molecule has 0 fully saturated rings. The van der Waals surface area contributed by atoms with Crippen LogP contribution in [0.15, 0.2) is 0 Å². The predicted octanol–water partition coefficient (Wildman–Crippen LogP) is 14.8. The third-order valence-corrected chi connectivity index (χ3v) is 12.4. The lowest BCUT2D eigenvalue weighted by molar-refractivity contribution is -0.143. The molecular weight excluding hydrogens is 717 g/mol. The second-order valence-electron chi connectivity index (χ2n) is 18.2. The van der Waals surface area contributed by atoms with Crippen LogP contribution < -0.4 is 0 Å². The molecule has 0 aromatic heterocycles. The van der Waals surface area contributed by atoms with E-state index in [-0.39, 0.29) is 5.97 Å². The number of ether oxygens (including phenoxy) is 1. The van der Waals surface area contributed by atoms with Gasteiger partial charge in [-0.1, -0.05) is 200 Å². The van der Waals surface area contributed by atoms with Crippen molar-refractivity contribution in [2.24, 2.45) is 0 Å². The summed E-state index contributed by atoms with van der Waals surface area (Å²) < 4.78 is 5.54. The summed E-state index contributed by atoms with van der Waals surface area (Å²) in [5, 5.41) is 18.5. The van der Waals surface area contributed by atoms with E-state index in [0.29, 0.717) is 26.2 Å². The smallest absolute Gasteiger partial charge is 0.305 e. The Bertz CT molecular complexity index is 768. The molecule has 0 aliphatic heterocycles. The molecule has 0 aliphatic carbocycles. The van der Waals surface area contributed by atoms with Crippen molar-refractivity contribution in [3.8, 4) is 0 Å². The van der Waals surface area contributed by atoms with Gasteiger partial charge in [-0.3, -0.25) is 4.79 Å². The highest BCUT2D eigenvalue weighted by Crippen LogP contribution is 2.15. The van der Waals surface area contributed by atoms with Crippen molar-refractivity contribution < 1.29 is 19.7 Å². The number of nitrogens with zero attached hydrogens (tertiary/aromatic N) is 2. The van der Waals surface area contributed by atoms with Gasteiger partial charge in [-0.05, 0) is 103 Å². The molecule has 0 aliphatic rings. The van der Waals surface area contributed by atoms with Gasteiger partial charge in [0.25, 0.3) is 0 Å². The van der Waals surface area contributed by atoms with E-state index >= 15 is 0 Å². The zero-order chi connectivity index (χ0) is 42.1. The van der Waals surface area contributed by atoms with Crippen molar-refractivity contribution in [3.63, 3.8) is 0 Å². The molecule has 0 spiro atoms. The zero-order valence-electron chi connectivity index (χ0n) is 39.8. The van der Waals surface area contributed by atoms with Crippen LogP contribution in [0.4, 0.5) is 0 Å². The van der Waals surface area contributed by atoms with Crippen molar-refractivity contribution in [3.05, 3.63) is 0 Å². The Morgan fingerprint density at radius 2 is 0.569 bits per heavy atom. The molecule has 0 heterocycles. The summed E-state index contributed by atoms with van der Waals surface area (Å²) in [5.41, 5.74) is 0. The molecule has 348 valence electrons. The maximum Gasteiger partial charge on any atom is 0.305 e. The van der Waals surface area contributed by atoms with Gasteiger partial charge in [-0.2, -0.15) is 0 Å². The van der Waals surface area contributed by atoms with Crippen molar-refractivity contribution in [1.82, 2.24) is 9.80 Å². The monoisotopic (exact) mass is 823 g/mol. The van der Waals surface area contributed by atoms with Crippen LogP contribution in [-0.2, 0) is 9.53 Å². The second-order valence-corrected chi connectivity index (χ2v) is 18.2. The van der Waals surface area contributed by atoms with E-state index in [1.165, 1.54) is 232 Å². The Morgan fingerprint density at radius 1 is 0.328 bits per heavy atom. The lowest BCUT2D eigenvalue weighted by Crippen LogP contribution is -2.27. The molecule has 0 rings (SSSR count). The molecule has 2 N–H and O–H groups in total. The Morgan fingerprint density at radius 3 is 0.862 bits per heavy atom. The number of carbonyl (C=O) groups excluding carboxylic acids is 1. The van der Waals surface area contributed by atoms with E-state index in [1.807, 2.05) is 0 Å². The third-order valence-electron chi connectivity index (χ3n) is 12.4. The minimum Gasteiger partial charge on any atom is -0.466 e. The van der Waals surface area contributed by atoms with Gasteiger partial charge in [0, 0.05) is 19.6 Å². The molecular formula is C52H106N2O4. The molecule has 0 aromatic rings. The van der Waals surface area contributed by atoms with E-state index < -0.39 is 0 Å². The van der Waals surface area contributed by atoms with Crippen LogP contribution in [0.2, 0.25) is 0 Å². The number of aliphatic hydroxyl groups excluding tert-OH is 2. The minimum atomic E-state index is 0.00210. The van der Waals surface area contributed by atoms with E-state index in [9.17, 15) is 15.0 Å². The first-order valence-electron chi connectivity index (χ1n) is 26.5. The average Bonchev–Trinajstić information content (AvgIpc) is 3.23. The normalized spacial score (nSPS) is 11.8. The highest BCUT2D eigenvalue weighted by molar-refractivity contribution is 5.69. The van der Waals surface area contributed by atoms with Crippen LogP contribution in [0.3, 0.4) is 0 Å². The summed E-state index contributed by atoms with van der Waals surface area (Å²) >= 11 is 0. The fraction of sp³-hybridized carbons (Fsp3) is 0.981. The first-order chi connectivity index (χ1) is 28.7. The summed E-state index contributed by atoms with van der Waals surface area (Å²) in [5.74, 6) is 0.00210. The number of aliphatic hydroxyl groups is 2. The molecule has 0 radical (unpaired) electrons. The number of hydrogen-bond acceptors (Lipinski definition) is 6. The predicted molar refractivity (Wildman–Crippen MR) is 254 cm³/mol. The number of hydrogen-bond donors (Lipinski definition) is 2. The fourth-order valence-electron chi connectivity index (χ4n) is 8.46. The van der Waals surface area contributed by atoms with Crippen LogP contribution in [0, 0.1) is 0 Å². The Hall–Kier alpha value is -0.690. The van der Waals surface area contributed by atoms with Gasteiger partial charge in [0.1, 0.15) is 0 Å².